The number of nitrogens with one attached hydrogen (secondary N) is 1. The molecule has 3 aromatic rings. The fourth-order valence-corrected chi connectivity index (χ4v) is 2.84. The first-order valence-electron chi connectivity index (χ1n) is 7.68. The Morgan fingerprint density at radius 1 is 1.17 bits per heavy atom. The van der Waals surface area contributed by atoms with Crippen molar-refractivity contribution in [1.29, 1.82) is 0 Å². The maximum absolute atomic E-state index is 5.47. The molecule has 3 rings (SSSR count). The van der Waals surface area contributed by atoms with Crippen molar-refractivity contribution in [2.75, 3.05) is 19.5 Å². The number of methoxy groups -OCH3 is 2. The molecule has 2 heterocycles. The maximum Gasteiger partial charge on any atom is 0.156 e. The van der Waals surface area contributed by atoms with E-state index in [1.165, 1.54) is 0 Å². The second-order valence-corrected chi connectivity index (χ2v) is 5.60. The zero-order valence-electron chi connectivity index (χ0n) is 14.5. The number of rotatable bonds is 5. The van der Waals surface area contributed by atoms with Crippen molar-refractivity contribution >= 4 is 16.9 Å². The van der Waals surface area contributed by atoms with Crippen LogP contribution in [0.1, 0.15) is 24.2 Å². The summed E-state index contributed by atoms with van der Waals surface area (Å²) in [6.07, 6.45) is 1.55. The Morgan fingerprint density at radius 3 is 2.67 bits per heavy atom. The molecule has 0 saturated carbocycles. The van der Waals surface area contributed by atoms with Gasteiger partial charge in [0.2, 0.25) is 0 Å². The average Bonchev–Trinajstić information content (AvgIpc) is 2.89. The van der Waals surface area contributed by atoms with Crippen LogP contribution in [0.2, 0.25) is 0 Å². The molecule has 0 radical (unpaired) electrons. The Morgan fingerprint density at radius 2 is 1.96 bits per heavy atom. The number of nitrogens with zero attached hydrogens (tertiary/aromatic N) is 4. The van der Waals surface area contributed by atoms with Crippen LogP contribution in [0.4, 0.5) is 5.82 Å². The molecule has 0 amide bonds. The van der Waals surface area contributed by atoms with Gasteiger partial charge < -0.3 is 14.8 Å². The van der Waals surface area contributed by atoms with Gasteiger partial charge in [0, 0.05) is 12.6 Å². The largest absolute Gasteiger partial charge is 0.497 e. The molecule has 2 aromatic heterocycles. The van der Waals surface area contributed by atoms with E-state index in [1.54, 1.807) is 25.2 Å². The summed E-state index contributed by atoms with van der Waals surface area (Å²) in [6.45, 7) is 3.99. The lowest BCUT2D eigenvalue weighted by Crippen LogP contribution is -2.11. The van der Waals surface area contributed by atoms with Crippen LogP contribution < -0.4 is 14.8 Å². The highest BCUT2D eigenvalue weighted by Crippen LogP contribution is 2.32. The van der Waals surface area contributed by atoms with E-state index in [-0.39, 0.29) is 6.04 Å². The molecule has 1 aromatic carbocycles. The molecule has 7 nitrogen and oxygen atoms in total. The highest BCUT2D eigenvalue weighted by Gasteiger charge is 2.17. The predicted molar refractivity (Wildman–Crippen MR) is 92.6 cm³/mol. The fraction of sp³-hybridized carbons (Fsp3) is 0.353. The van der Waals surface area contributed by atoms with Gasteiger partial charge in [-0.3, -0.25) is 4.68 Å². The van der Waals surface area contributed by atoms with E-state index in [1.807, 2.05) is 32.2 Å². The second-order valence-electron chi connectivity index (χ2n) is 5.60. The zero-order chi connectivity index (χ0) is 17.3. The molecule has 7 heteroatoms. The predicted octanol–water partition coefficient (Wildman–Crippen LogP) is 2.86. The maximum atomic E-state index is 5.47. The van der Waals surface area contributed by atoms with Crippen LogP contribution >= 0.6 is 0 Å². The van der Waals surface area contributed by atoms with Gasteiger partial charge in [-0.15, -0.1) is 0 Å². The number of anilines is 1. The third-order valence-electron chi connectivity index (χ3n) is 4.05. The van der Waals surface area contributed by atoms with Crippen LogP contribution in [0.25, 0.3) is 11.0 Å². The molecule has 1 atom stereocenters. The summed E-state index contributed by atoms with van der Waals surface area (Å²) in [6, 6.07) is 5.70. The zero-order valence-corrected chi connectivity index (χ0v) is 14.5. The molecule has 0 saturated heterocycles. The summed E-state index contributed by atoms with van der Waals surface area (Å²) in [5.74, 6) is 2.31. The molecule has 0 aliphatic heterocycles. The molecule has 24 heavy (non-hydrogen) atoms. The third-order valence-corrected chi connectivity index (χ3v) is 4.05. The number of hydrogen-bond acceptors (Lipinski definition) is 6. The van der Waals surface area contributed by atoms with Crippen molar-refractivity contribution in [2.45, 2.75) is 19.9 Å². The lowest BCUT2D eigenvalue weighted by Gasteiger charge is -2.19. The van der Waals surface area contributed by atoms with Crippen LogP contribution in [-0.4, -0.2) is 34.0 Å². The van der Waals surface area contributed by atoms with Gasteiger partial charge in [-0.2, -0.15) is 5.10 Å². The lowest BCUT2D eigenvalue weighted by molar-refractivity contribution is 0.397. The van der Waals surface area contributed by atoms with Crippen molar-refractivity contribution < 1.29 is 9.47 Å². The standard InChI is InChI=1S/C17H21N5O2/c1-10(13-8-12(23-4)6-7-14(13)24-5)20-17-16-15(18-9-19-17)11(2)21-22(16)3/h6-10H,1-5H3,(H,18,19,20)/t10-/m0/s1. The van der Waals surface area contributed by atoms with Gasteiger partial charge in [0.05, 0.1) is 26.0 Å². The number of hydrogen-bond donors (Lipinski definition) is 1. The molecular formula is C17H21N5O2. The highest BCUT2D eigenvalue weighted by molar-refractivity contribution is 5.87. The quantitative estimate of drug-likeness (QED) is 0.777. The van der Waals surface area contributed by atoms with E-state index in [0.717, 1.165) is 39.6 Å². The van der Waals surface area contributed by atoms with E-state index < -0.39 is 0 Å². The third kappa shape index (κ3) is 2.73. The van der Waals surface area contributed by atoms with Gasteiger partial charge in [0.25, 0.3) is 0 Å². The summed E-state index contributed by atoms with van der Waals surface area (Å²) in [5, 5.41) is 7.86. The Bertz CT molecular complexity index is 875. The highest BCUT2D eigenvalue weighted by atomic mass is 16.5. The first-order valence-corrected chi connectivity index (χ1v) is 7.68. The Hall–Kier alpha value is -2.83. The van der Waals surface area contributed by atoms with Crippen LogP contribution in [0.5, 0.6) is 11.5 Å². The van der Waals surface area contributed by atoms with Crippen LogP contribution in [0.15, 0.2) is 24.5 Å². The summed E-state index contributed by atoms with van der Waals surface area (Å²) < 4.78 is 12.6. The summed E-state index contributed by atoms with van der Waals surface area (Å²) in [4.78, 5) is 8.71. The summed E-state index contributed by atoms with van der Waals surface area (Å²) in [5.41, 5.74) is 3.59. The van der Waals surface area contributed by atoms with Crippen molar-refractivity contribution in [3.63, 3.8) is 0 Å². The van der Waals surface area contributed by atoms with E-state index in [2.05, 4.69) is 27.3 Å². The van der Waals surface area contributed by atoms with Crippen LogP contribution in [0.3, 0.4) is 0 Å². The molecule has 1 N–H and O–H groups in total. The number of aromatic nitrogens is 4. The van der Waals surface area contributed by atoms with Crippen molar-refractivity contribution in [3.8, 4) is 11.5 Å². The molecule has 0 aliphatic carbocycles. The normalized spacial score (nSPS) is 12.2. The summed E-state index contributed by atoms with van der Waals surface area (Å²) in [7, 11) is 5.20. The molecule has 126 valence electrons. The molecule has 0 bridgehead atoms. The Kier molecular flexibility index (Phi) is 4.24. The molecule has 0 spiro atoms. The number of aryl methyl sites for hydroxylation is 2. The first-order chi connectivity index (χ1) is 11.5. The van der Waals surface area contributed by atoms with E-state index in [0.29, 0.717) is 0 Å². The van der Waals surface area contributed by atoms with E-state index in [9.17, 15) is 0 Å². The summed E-state index contributed by atoms with van der Waals surface area (Å²) >= 11 is 0. The van der Waals surface area contributed by atoms with Crippen molar-refractivity contribution in [1.82, 2.24) is 19.7 Å². The Labute approximate surface area is 140 Å². The number of benzene rings is 1. The molecule has 0 fully saturated rings. The average molecular weight is 327 g/mol. The fourth-order valence-electron chi connectivity index (χ4n) is 2.84. The van der Waals surface area contributed by atoms with Crippen LogP contribution in [-0.2, 0) is 7.05 Å². The van der Waals surface area contributed by atoms with Gasteiger partial charge in [-0.1, -0.05) is 0 Å². The van der Waals surface area contributed by atoms with Gasteiger partial charge in [-0.25, -0.2) is 9.97 Å². The minimum absolute atomic E-state index is 0.0386. The van der Waals surface area contributed by atoms with Gasteiger partial charge in [0.1, 0.15) is 28.9 Å². The SMILES string of the molecule is COc1ccc(OC)c([C@H](C)Nc2ncnc3c(C)nn(C)c23)c1. The van der Waals surface area contributed by atoms with Gasteiger partial charge >= 0.3 is 0 Å². The number of fused-ring (bicyclic) bond motifs is 1. The monoisotopic (exact) mass is 327 g/mol. The minimum atomic E-state index is -0.0386. The molecular weight excluding hydrogens is 306 g/mol. The van der Waals surface area contributed by atoms with Crippen molar-refractivity contribution in [2.24, 2.45) is 7.05 Å². The van der Waals surface area contributed by atoms with Gasteiger partial charge in [-0.05, 0) is 32.0 Å². The lowest BCUT2D eigenvalue weighted by atomic mass is 10.1. The van der Waals surface area contributed by atoms with Crippen molar-refractivity contribution in [3.05, 3.63) is 35.8 Å². The molecule has 0 unspecified atom stereocenters. The Balaban J connectivity index is 2.00. The second kappa shape index (κ2) is 6.35. The minimum Gasteiger partial charge on any atom is -0.497 e. The number of ether oxygens (including phenoxy) is 2. The smallest absolute Gasteiger partial charge is 0.156 e. The first kappa shape index (κ1) is 16.0. The topological polar surface area (TPSA) is 74.1 Å². The molecule has 0 aliphatic rings. The van der Waals surface area contributed by atoms with E-state index >= 15 is 0 Å². The van der Waals surface area contributed by atoms with Gasteiger partial charge in [0.15, 0.2) is 5.82 Å². The van der Waals surface area contributed by atoms with E-state index in [4.69, 9.17) is 9.47 Å². The van der Waals surface area contributed by atoms with Crippen LogP contribution in [0, 0.1) is 6.92 Å².